The van der Waals surface area contributed by atoms with E-state index in [1.165, 1.54) is 24.3 Å². The quantitative estimate of drug-likeness (QED) is 0.195. The lowest BCUT2D eigenvalue weighted by atomic mass is 10.3. The van der Waals surface area contributed by atoms with Gasteiger partial charge >= 0.3 is 5.97 Å². The molecule has 7 heteroatoms. The molecule has 0 radical (unpaired) electrons. The topological polar surface area (TPSA) is 98.5 Å². The maximum absolute atomic E-state index is 11.3. The lowest BCUT2D eigenvalue weighted by molar-refractivity contribution is -0.384. The highest BCUT2D eigenvalue weighted by molar-refractivity contribution is 5.72. The summed E-state index contributed by atoms with van der Waals surface area (Å²) in [7, 11) is 0. The molecular weight excluding hydrogens is 240 g/mol. The number of hydrogen-bond acceptors (Lipinski definition) is 5. The predicted octanol–water partition coefficient (Wildman–Crippen LogP) is 1.03. The Labute approximate surface area is 103 Å². The molecule has 18 heavy (non-hydrogen) atoms. The van der Waals surface area contributed by atoms with Gasteiger partial charge in [-0.05, 0) is 18.6 Å². The van der Waals surface area contributed by atoms with Crippen LogP contribution in [0.5, 0.6) is 5.75 Å². The van der Waals surface area contributed by atoms with Crippen LogP contribution in [0.25, 0.3) is 0 Å². The van der Waals surface area contributed by atoms with Gasteiger partial charge in [-0.3, -0.25) is 19.7 Å². The summed E-state index contributed by atoms with van der Waals surface area (Å²) in [6, 6.07) is 5.24. The summed E-state index contributed by atoms with van der Waals surface area (Å²) in [6.45, 7) is 0.402. The summed E-state index contributed by atoms with van der Waals surface area (Å²) >= 11 is 0. The zero-order valence-corrected chi connectivity index (χ0v) is 9.50. The largest absolute Gasteiger partial charge is 0.427 e. The Kier molecular flexibility index (Phi) is 5.30. The van der Waals surface area contributed by atoms with Crippen molar-refractivity contribution >= 4 is 18.1 Å². The Balaban J connectivity index is 2.39. The molecule has 0 fully saturated rings. The highest BCUT2D eigenvalue weighted by Crippen LogP contribution is 2.17. The fourth-order valence-electron chi connectivity index (χ4n) is 1.21. The molecule has 1 N–H and O–H groups in total. The maximum Gasteiger partial charge on any atom is 0.311 e. The van der Waals surface area contributed by atoms with E-state index in [1.807, 2.05) is 0 Å². The van der Waals surface area contributed by atoms with Crippen LogP contribution in [-0.4, -0.2) is 23.8 Å². The number of carbonyl (C=O) groups excluding carboxylic acids is 2. The van der Waals surface area contributed by atoms with Crippen molar-refractivity contribution in [1.29, 1.82) is 0 Å². The van der Waals surface area contributed by atoms with Gasteiger partial charge in [0.25, 0.3) is 5.69 Å². The van der Waals surface area contributed by atoms with Gasteiger partial charge < -0.3 is 10.1 Å². The van der Waals surface area contributed by atoms with Gasteiger partial charge in [-0.15, -0.1) is 0 Å². The van der Waals surface area contributed by atoms with Crippen LogP contribution in [0.15, 0.2) is 24.3 Å². The number of ether oxygens (including phenoxy) is 1. The van der Waals surface area contributed by atoms with Crippen molar-refractivity contribution < 1.29 is 19.2 Å². The van der Waals surface area contributed by atoms with Crippen LogP contribution in [-0.2, 0) is 9.59 Å². The lowest BCUT2D eigenvalue weighted by Crippen LogP contribution is -2.15. The predicted molar refractivity (Wildman–Crippen MR) is 62.0 cm³/mol. The first kappa shape index (κ1) is 13.6. The van der Waals surface area contributed by atoms with Gasteiger partial charge in [0.1, 0.15) is 5.75 Å². The van der Waals surface area contributed by atoms with E-state index in [2.05, 4.69) is 5.32 Å². The van der Waals surface area contributed by atoms with Crippen LogP contribution >= 0.6 is 0 Å². The molecule has 0 aromatic heterocycles. The van der Waals surface area contributed by atoms with Crippen molar-refractivity contribution in [2.24, 2.45) is 0 Å². The van der Waals surface area contributed by atoms with Crippen molar-refractivity contribution in [2.45, 2.75) is 12.8 Å². The number of esters is 1. The Morgan fingerprint density at radius 1 is 1.39 bits per heavy atom. The Hall–Kier alpha value is -2.44. The molecule has 0 aliphatic rings. The average molecular weight is 252 g/mol. The number of nitro benzene ring substituents is 1. The molecule has 1 aromatic rings. The Bertz CT molecular complexity index is 430. The molecule has 0 heterocycles. The van der Waals surface area contributed by atoms with Gasteiger partial charge in [0.2, 0.25) is 6.41 Å². The van der Waals surface area contributed by atoms with Crippen LogP contribution in [0, 0.1) is 10.1 Å². The third-order valence-electron chi connectivity index (χ3n) is 2.06. The van der Waals surface area contributed by atoms with Gasteiger partial charge in [0.15, 0.2) is 0 Å². The molecular formula is C11H12N2O5. The average Bonchev–Trinajstić information content (AvgIpc) is 2.35. The van der Waals surface area contributed by atoms with Crippen LogP contribution in [0.2, 0.25) is 0 Å². The van der Waals surface area contributed by atoms with Crippen molar-refractivity contribution in [3.05, 3.63) is 34.4 Å². The summed E-state index contributed by atoms with van der Waals surface area (Å²) in [4.78, 5) is 31.1. The van der Waals surface area contributed by atoms with Gasteiger partial charge in [0.05, 0.1) is 4.92 Å². The second-order valence-electron chi connectivity index (χ2n) is 3.40. The second kappa shape index (κ2) is 7.00. The minimum atomic E-state index is -0.531. The van der Waals surface area contributed by atoms with E-state index >= 15 is 0 Å². The van der Waals surface area contributed by atoms with E-state index in [1.54, 1.807) is 0 Å². The van der Waals surface area contributed by atoms with Crippen LogP contribution in [0.1, 0.15) is 12.8 Å². The fraction of sp³-hybridized carbons (Fsp3) is 0.273. The molecule has 0 unspecified atom stereocenters. The number of nitrogens with zero attached hydrogens (tertiary/aromatic N) is 1. The van der Waals surface area contributed by atoms with Crippen LogP contribution in [0.3, 0.4) is 0 Å². The zero-order chi connectivity index (χ0) is 13.4. The molecule has 0 saturated carbocycles. The number of amides is 1. The summed E-state index contributed by atoms with van der Waals surface area (Å²) in [5.74, 6) is -0.189. The summed E-state index contributed by atoms with van der Waals surface area (Å²) in [6.07, 6.45) is 1.20. The minimum Gasteiger partial charge on any atom is -0.427 e. The number of carbonyl (C=O) groups is 2. The smallest absolute Gasteiger partial charge is 0.311 e. The molecule has 0 atom stereocenters. The molecule has 1 rings (SSSR count). The van der Waals surface area contributed by atoms with E-state index in [4.69, 9.17) is 4.74 Å². The monoisotopic (exact) mass is 252 g/mol. The summed E-state index contributed by atoms with van der Waals surface area (Å²) < 4.78 is 4.95. The first-order chi connectivity index (χ1) is 8.63. The van der Waals surface area contributed by atoms with Crippen LogP contribution < -0.4 is 10.1 Å². The molecule has 0 aliphatic heterocycles. The highest BCUT2D eigenvalue weighted by Gasteiger charge is 2.07. The SMILES string of the molecule is O=CNCCCC(=O)Oc1ccc([N+](=O)[O-])cc1. The fourth-order valence-corrected chi connectivity index (χ4v) is 1.21. The van der Waals surface area contributed by atoms with Gasteiger partial charge in [-0.25, -0.2) is 0 Å². The van der Waals surface area contributed by atoms with E-state index < -0.39 is 10.9 Å². The molecule has 1 amide bonds. The number of benzene rings is 1. The third kappa shape index (κ3) is 4.60. The van der Waals surface area contributed by atoms with Crippen LogP contribution in [0.4, 0.5) is 5.69 Å². The number of nitro groups is 1. The Morgan fingerprint density at radius 2 is 2.06 bits per heavy atom. The molecule has 0 saturated heterocycles. The third-order valence-corrected chi connectivity index (χ3v) is 2.06. The number of nitrogens with one attached hydrogen (secondary N) is 1. The normalized spacial score (nSPS) is 9.56. The standard InChI is InChI=1S/C11H12N2O5/c14-8-12-7-1-2-11(15)18-10-5-3-9(4-6-10)13(16)17/h3-6,8H,1-2,7H2,(H,12,14). The highest BCUT2D eigenvalue weighted by atomic mass is 16.6. The van der Waals surface area contributed by atoms with E-state index in [0.717, 1.165) is 0 Å². The number of hydrogen-bond donors (Lipinski definition) is 1. The summed E-state index contributed by atoms with van der Waals surface area (Å²) in [5.41, 5.74) is -0.0648. The molecule has 1 aromatic carbocycles. The van der Waals surface area contributed by atoms with E-state index in [-0.39, 0.29) is 17.9 Å². The molecule has 0 spiro atoms. The summed E-state index contributed by atoms with van der Waals surface area (Å²) in [5, 5.41) is 12.8. The van der Waals surface area contributed by atoms with E-state index in [0.29, 0.717) is 19.4 Å². The van der Waals surface area contributed by atoms with Gasteiger partial charge in [0, 0.05) is 25.1 Å². The zero-order valence-electron chi connectivity index (χ0n) is 9.50. The molecule has 7 nitrogen and oxygen atoms in total. The lowest BCUT2D eigenvalue weighted by Gasteiger charge is -2.03. The molecule has 0 bridgehead atoms. The minimum absolute atomic E-state index is 0.0648. The first-order valence-electron chi connectivity index (χ1n) is 5.25. The molecule has 96 valence electrons. The number of non-ortho nitro benzene ring substituents is 1. The van der Waals surface area contributed by atoms with E-state index in [9.17, 15) is 19.7 Å². The van der Waals surface area contributed by atoms with Crippen molar-refractivity contribution in [1.82, 2.24) is 5.32 Å². The first-order valence-corrected chi connectivity index (χ1v) is 5.25. The van der Waals surface area contributed by atoms with Gasteiger partial charge in [-0.2, -0.15) is 0 Å². The van der Waals surface area contributed by atoms with Gasteiger partial charge in [-0.1, -0.05) is 0 Å². The second-order valence-corrected chi connectivity index (χ2v) is 3.40. The van der Waals surface area contributed by atoms with Crippen molar-refractivity contribution in [3.8, 4) is 5.75 Å². The van der Waals surface area contributed by atoms with Crippen molar-refractivity contribution in [3.63, 3.8) is 0 Å². The maximum atomic E-state index is 11.3. The van der Waals surface area contributed by atoms with Crippen molar-refractivity contribution in [2.75, 3.05) is 6.54 Å². The number of rotatable bonds is 7. The Morgan fingerprint density at radius 3 is 2.61 bits per heavy atom. The molecule has 0 aliphatic carbocycles.